The largest absolute Gasteiger partial charge is 0.376 e. The Morgan fingerprint density at radius 1 is 1.32 bits per heavy atom. The number of thiazole rings is 1. The molecule has 2 heterocycles. The summed E-state index contributed by atoms with van der Waals surface area (Å²) < 4.78 is 6.98. The van der Waals surface area contributed by atoms with E-state index in [0.717, 1.165) is 45.3 Å². The number of hydrogen-bond donors (Lipinski definition) is 0. The fourth-order valence-corrected chi connectivity index (χ4v) is 5.30. The number of carbonyl (C=O) groups is 1. The lowest BCUT2D eigenvalue weighted by Crippen LogP contribution is -2.37. The summed E-state index contributed by atoms with van der Waals surface area (Å²) in [6, 6.07) is 12.0. The van der Waals surface area contributed by atoms with E-state index in [0.29, 0.717) is 6.54 Å². The fraction of sp³-hybridized carbons (Fsp3) is 0.364. The molecule has 0 aliphatic carbocycles. The van der Waals surface area contributed by atoms with Gasteiger partial charge in [-0.3, -0.25) is 9.69 Å². The standard InChI is InChI=1S/C22H24N2O2S2/c1-14-11-15(2)20-18(12-14)23-22(28-20)24(13-16-7-6-10-26-16)21(25)17-8-4-5-9-19(17)27-3/h4-5,8-9,11-12,16H,6-7,10,13H2,1-3H3. The molecule has 1 saturated heterocycles. The number of aromatic nitrogens is 1. The third-order valence-corrected chi connectivity index (χ3v) is 7.06. The van der Waals surface area contributed by atoms with Crippen molar-refractivity contribution in [1.82, 2.24) is 4.98 Å². The van der Waals surface area contributed by atoms with Crippen LogP contribution in [0, 0.1) is 13.8 Å². The van der Waals surface area contributed by atoms with Gasteiger partial charge in [0.15, 0.2) is 5.13 Å². The molecule has 0 spiro atoms. The minimum atomic E-state index is -0.00567. The highest BCUT2D eigenvalue weighted by Crippen LogP contribution is 2.34. The lowest BCUT2D eigenvalue weighted by atomic mass is 10.1. The van der Waals surface area contributed by atoms with Crippen LogP contribution >= 0.6 is 23.1 Å². The summed E-state index contributed by atoms with van der Waals surface area (Å²) in [7, 11) is 0. The molecule has 0 radical (unpaired) electrons. The van der Waals surface area contributed by atoms with Crippen molar-refractivity contribution >= 4 is 44.4 Å². The Kier molecular flexibility index (Phi) is 5.71. The molecule has 2 aromatic carbocycles. The Labute approximate surface area is 173 Å². The van der Waals surface area contributed by atoms with E-state index < -0.39 is 0 Å². The molecule has 146 valence electrons. The molecule has 1 unspecified atom stereocenters. The zero-order valence-corrected chi connectivity index (χ0v) is 18.0. The highest BCUT2D eigenvalue weighted by molar-refractivity contribution is 7.98. The zero-order valence-electron chi connectivity index (χ0n) is 16.4. The molecule has 1 atom stereocenters. The van der Waals surface area contributed by atoms with Crippen molar-refractivity contribution in [2.45, 2.75) is 37.7 Å². The van der Waals surface area contributed by atoms with E-state index in [2.05, 4.69) is 26.0 Å². The van der Waals surface area contributed by atoms with E-state index in [1.165, 1.54) is 11.1 Å². The highest BCUT2D eigenvalue weighted by atomic mass is 32.2. The number of rotatable bonds is 5. The molecule has 1 aromatic heterocycles. The summed E-state index contributed by atoms with van der Waals surface area (Å²) >= 11 is 3.18. The van der Waals surface area contributed by atoms with Crippen LogP contribution in [0.1, 0.15) is 34.3 Å². The summed E-state index contributed by atoms with van der Waals surface area (Å²) in [6.45, 7) is 5.49. The lowest BCUT2D eigenvalue weighted by molar-refractivity contribution is 0.0915. The summed E-state index contributed by atoms with van der Waals surface area (Å²) in [5.74, 6) is -0.00567. The first-order valence-corrected chi connectivity index (χ1v) is 11.5. The van der Waals surface area contributed by atoms with Gasteiger partial charge >= 0.3 is 0 Å². The molecule has 4 nitrogen and oxygen atoms in total. The van der Waals surface area contributed by atoms with Gasteiger partial charge in [0.2, 0.25) is 0 Å². The Morgan fingerprint density at radius 2 is 2.14 bits per heavy atom. The number of thioether (sulfide) groups is 1. The van der Waals surface area contributed by atoms with Gasteiger partial charge in [0.1, 0.15) is 0 Å². The Hall–Kier alpha value is -1.89. The molecular weight excluding hydrogens is 388 g/mol. The molecule has 1 aliphatic heterocycles. The average Bonchev–Trinajstić information content (AvgIpc) is 3.35. The number of hydrogen-bond acceptors (Lipinski definition) is 5. The molecule has 6 heteroatoms. The minimum absolute atomic E-state index is 0.00567. The van der Waals surface area contributed by atoms with E-state index >= 15 is 0 Å². The predicted molar refractivity (Wildman–Crippen MR) is 118 cm³/mol. The number of amides is 1. The minimum Gasteiger partial charge on any atom is -0.376 e. The normalized spacial score (nSPS) is 16.6. The molecule has 0 N–H and O–H groups in total. The topological polar surface area (TPSA) is 42.4 Å². The Balaban J connectivity index is 1.77. The molecule has 1 amide bonds. The highest BCUT2D eigenvalue weighted by Gasteiger charge is 2.28. The van der Waals surface area contributed by atoms with Gasteiger partial charge in [0, 0.05) is 11.5 Å². The van der Waals surface area contributed by atoms with Crippen LogP contribution in [0.3, 0.4) is 0 Å². The van der Waals surface area contributed by atoms with Gasteiger partial charge in [-0.05, 0) is 62.3 Å². The first-order chi connectivity index (χ1) is 13.6. The molecule has 1 aliphatic rings. The van der Waals surface area contributed by atoms with Crippen LogP contribution in [0.4, 0.5) is 5.13 Å². The second-order valence-electron chi connectivity index (χ2n) is 7.18. The second-order valence-corrected chi connectivity index (χ2v) is 9.00. The van der Waals surface area contributed by atoms with Crippen molar-refractivity contribution in [2.75, 3.05) is 24.3 Å². The number of anilines is 1. The molecule has 4 rings (SSSR count). The van der Waals surface area contributed by atoms with Crippen LogP contribution in [-0.4, -0.2) is 36.4 Å². The van der Waals surface area contributed by atoms with Crippen molar-refractivity contribution in [2.24, 2.45) is 0 Å². The quantitative estimate of drug-likeness (QED) is 0.522. The van der Waals surface area contributed by atoms with Crippen LogP contribution in [0.25, 0.3) is 10.2 Å². The number of benzene rings is 2. The molecule has 3 aromatic rings. The first kappa shape index (κ1) is 19.4. The smallest absolute Gasteiger partial charge is 0.261 e. The van der Waals surface area contributed by atoms with E-state index in [9.17, 15) is 4.79 Å². The van der Waals surface area contributed by atoms with Crippen LogP contribution in [0.15, 0.2) is 41.3 Å². The third kappa shape index (κ3) is 3.81. The van der Waals surface area contributed by atoms with Crippen molar-refractivity contribution in [3.8, 4) is 0 Å². The van der Waals surface area contributed by atoms with Gasteiger partial charge in [0.25, 0.3) is 5.91 Å². The van der Waals surface area contributed by atoms with Gasteiger partial charge in [0.05, 0.1) is 28.4 Å². The van der Waals surface area contributed by atoms with E-state index in [1.807, 2.05) is 35.4 Å². The fourth-order valence-electron chi connectivity index (χ4n) is 3.69. The maximum absolute atomic E-state index is 13.6. The van der Waals surface area contributed by atoms with Crippen LogP contribution in [-0.2, 0) is 4.74 Å². The Bertz CT molecular complexity index is 1010. The SMILES string of the molecule is CSc1ccccc1C(=O)N(CC1CCCO1)c1nc2cc(C)cc(C)c2s1. The molecule has 0 bridgehead atoms. The molecule has 28 heavy (non-hydrogen) atoms. The molecule has 1 fully saturated rings. The molecule has 0 saturated carbocycles. The van der Waals surface area contributed by atoms with Crippen molar-refractivity contribution < 1.29 is 9.53 Å². The van der Waals surface area contributed by atoms with Crippen molar-refractivity contribution in [3.05, 3.63) is 53.1 Å². The van der Waals surface area contributed by atoms with Gasteiger partial charge in [-0.2, -0.15) is 0 Å². The predicted octanol–water partition coefficient (Wildman–Crippen LogP) is 5.46. The maximum Gasteiger partial charge on any atom is 0.261 e. The summed E-state index contributed by atoms with van der Waals surface area (Å²) in [6.07, 6.45) is 4.10. The van der Waals surface area contributed by atoms with E-state index in [1.54, 1.807) is 23.1 Å². The molecular formula is C22H24N2O2S2. The van der Waals surface area contributed by atoms with Crippen molar-refractivity contribution in [3.63, 3.8) is 0 Å². The number of carbonyl (C=O) groups excluding carboxylic acids is 1. The van der Waals surface area contributed by atoms with Gasteiger partial charge in [-0.15, -0.1) is 11.8 Å². The van der Waals surface area contributed by atoms with Gasteiger partial charge in [-0.1, -0.05) is 29.5 Å². The maximum atomic E-state index is 13.6. The van der Waals surface area contributed by atoms with Crippen LogP contribution in [0.5, 0.6) is 0 Å². The number of nitrogens with zero attached hydrogens (tertiary/aromatic N) is 2. The van der Waals surface area contributed by atoms with Crippen molar-refractivity contribution in [1.29, 1.82) is 0 Å². The number of fused-ring (bicyclic) bond motifs is 1. The first-order valence-electron chi connectivity index (χ1n) is 9.51. The van der Waals surface area contributed by atoms with Gasteiger partial charge < -0.3 is 4.74 Å². The summed E-state index contributed by atoms with van der Waals surface area (Å²) in [5, 5.41) is 0.750. The average molecular weight is 413 g/mol. The van der Waals surface area contributed by atoms with Gasteiger partial charge in [-0.25, -0.2) is 4.98 Å². The van der Waals surface area contributed by atoms with Crippen LogP contribution in [0.2, 0.25) is 0 Å². The monoisotopic (exact) mass is 412 g/mol. The number of aryl methyl sites for hydroxylation is 2. The third-order valence-electron chi connectivity index (χ3n) is 5.03. The summed E-state index contributed by atoms with van der Waals surface area (Å²) in [4.78, 5) is 21.2. The van der Waals surface area contributed by atoms with Crippen LogP contribution < -0.4 is 4.90 Å². The number of ether oxygens (including phenoxy) is 1. The second kappa shape index (κ2) is 8.23. The van der Waals surface area contributed by atoms with E-state index in [4.69, 9.17) is 9.72 Å². The zero-order chi connectivity index (χ0) is 19.7. The Morgan fingerprint density at radius 3 is 2.89 bits per heavy atom. The summed E-state index contributed by atoms with van der Waals surface area (Å²) in [5.41, 5.74) is 4.07. The van der Waals surface area contributed by atoms with E-state index in [-0.39, 0.29) is 12.0 Å². The lowest BCUT2D eigenvalue weighted by Gasteiger charge is -2.24.